The van der Waals surface area contributed by atoms with Gasteiger partial charge in [0.05, 0.1) is 16.9 Å². The highest BCUT2D eigenvalue weighted by Crippen LogP contribution is 2.36. The van der Waals surface area contributed by atoms with Crippen LogP contribution in [0.4, 0.5) is 10.7 Å². The Bertz CT molecular complexity index is 1250. The zero-order chi connectivity index (χ0) is 27.6. The third kappa shape index (κ3) is 6.81. The standard InChI is InChI=1S/C31H39ClN4O3/c1-31(2,3)39-30(38)36-16-6-8-22(19-36)27(37)17-20-10-13-23(14-11-20)34-29-33-18-26(32)28(35-29)25-15-12-21-7-4-5-9-24(21)25/h4-5,7,9,15,18,20,22-23H,6,8,10-14,16-17,19H2,1-3H3,(H,33,34,35). The molecule has 2 fully saturated rings. The molecule has 3 aliphatic rings. The number of aromatic nitrogens is 2. The van der Waals surface area contributed by atoms with Crippen molar-refractivity contribution in [1.29, 1.82) is 0 Å². The molecule has 5 rings (SSSR count). The van der Waals surface area contributed by atoms with Gasteiger partial charge in [0.25, 0.3) is 0 Å². The van der Waals surface area contributed by atoms with Crippen LogP contribution in [-0.4, -0.2) is 51.5 Å². The number of anilines is 1. The van der Waals surface area contributed by atoms with Crippen molar-refractivity contribution in [3.63, 3.8) is 0 Å². The number of amides is 1. The monoisotopic (exact) mass is 550 g/mol. The average molecular weight is 551 g/mol. The van der Waals surface area contributed by atoms with Crippen molar-refractivity contribution in [1.82, 2.24) is 14.9 Å². The fourth-order valence-electron chi connectivity index (χ4n) is 6.01. The Balaban J connectivity index is 1.12. The summed E-state index contributed by atoms with van der Waals surface area (Å²) in [5.41, 5.74) is 3.78. The van der Waals surface area contributed by atoms with Gasteiger partial charge in [-0.2, -0.15) is 0 Å². The first-order valence-corrected chi connectivity index (χ1v) is 14.6. The molecule has 0 bridgehead atoms. The second-order valence-corrected chi connectivity index (χ2v) is 12.6. The summed E-state index contributed by atoms with van der Waals surface area (Å²) in [6.07, 6.45) is 10.7. The summed E-state index contributed by atoms with van der Waals surface area (Å²) < 4.78 is 5.52. The van der Waals surface area contributed by atoms with Crippen molar-refractivity contribution in [2.24, 2.45) is 11.8 Å². The van der Waals surface area contributed by atoms with Crippen molar-refractivity contribution in [3.05, 3.63) is 58.4 Å². The summed E-state index contributed by atoms with van der Waals surface area (Å²) in [7, 11) is 0. The first-order valence-electron chi connectivity index (χ1n) is 14.2. The van der Waals surface area contributed by atoms with Crippen LogP contribution in [0.2, 0.25) is 5.02 Å². The maximum absolute atomic E-state index is 13.1. The molecule has 1 N–H and O–H groups in total. The lowest BCUT2D eigenvalue weighted by atomic mass is 9.80. The number of nitrogens with zero attached hydrogens (tertiary/aromatic N) is 3. The number of ether oxygens (including phenoxy) is 1. The van der Waals surface area contributed by atoms with Crippen molar-refractivity contribution >= 4 is 35.0 Å². The van der Waals surface area contributed by atoms with Crippen LogP contribution in [-0.2, 0) is 16.0 Å². The van der Waals surface area contributed by atoms with Crippen molar-refractivity contribution in [2.75, 3.05) is 18.4 Å². The van der Waals surface area contributed by atoms with Crippen molar-refractivity contribution < 1.29 is 14.3 Å². The zero-order valence-electron chi connectivity index (χ0n) is 23.2. The average Bonchev–Trinajstić information content (AvgIpc) is 3.34. The van der Waals surface area contributed by atoms with Gasteiger partial charge in [0, 0.05) is 37.0 Å². The molecule has 0 radical (unpaired) electrons. The largest absolute Gasteiger partial charge is 0.444 e. The minimum atomic E-state index is -0.529. The van der Waals surface area contributed by atoms with Crippen LogP contribution >= 0.6 is 11.6 Å². The van der Waals surface area contributed by atoms with E-state index in [0.29, 0.717) is 36.4 Å². The van der Waals surface area contributed by atoms with Gasteiger partial charge in [0.15, 0.2) is 0 Å². The topological polar surface area (TPSA) is 84.4 Å². The Kier molecular flexibility index (Phi) is 8.27. The fraction of sp³-hybridized carbons (Fsp3) is 0.548. The summed E-state index contributed by atoms with van der Waals surface area (Å²) in [6.45, 7) is 6.74. The number of benzene rings is 1. The lowest BCUT2D eigenvalue weighted by molar-refractivity contribution is -0.125. The SMILES string of the molecule is CC(C)(C)OC(=O)N1CCCC(C(=O)CC2CCC(Nc3ncc(Cl)c(C4=CCc5ccccc54)n3)CC2)C1. The van der Waals surface area contributed by atoms with Gasteiger partial charge in [-0.1, -0.05) is 41.9 Å². The molecule has 2 heterocycles. The Morgan fingerprint density at radius 3 is 2.67 bits per heavy atom. The Morgan fingerprint density at radius 2 is 1.90 bits per heavy atom. The number of rotatable bonds is 6. The summed E-state index contributed by atoms with van der Waals surface area (Å²) in [6, 6.07) is 8.63. The number of ketones is 1. The second kappa shape index (κ2) is 11.7. The molecule has 1 unspecified atom stereocenters. The fourth-order valence-corrected chi connectivity index (χ4v) is 6.20. The van der Waals surface area contributed by atoms with E-state index in [1.165, 1.54) is 11.1 Å². The first-order chi connectivity index (χ1) is 18.7. The molecule has 2 aliphatic carbocycles. The summed E-state index contributed by atoms with van der Waals surface area (Å²) in [5.74, 6) is 1.19. The number of carbonyl (C=O) groups is 2. The van der Waals surface area contributed by atoms with Crippen LogP contribution in [0.15, 0.2) is 36.5 Å². The van der Waals surface area contributed by atoms with Gasteiger partial charge in [-0.15, -0.1) is 0 Å². The lowest BCUT2D eigenvalue weighted by Gasteiger charge is -2.34. The van der Waals surface area contributed by atoms with Gasteiger partial charge in [-0.25, -0.2) is 14.8 Å². The molecule has 8 heteroatoms. The molecule has 39 heavy (non-hydrogen) atoms. The number of allylic oxidation sites excluding steroid dienone is 1. The minimum Gasteiger partial charge on any atom is -0.444 e. The Morgan fingerprint density at radius 1 is 1.13 bits per heavy atom. The number of fused-ring (bicyclic) bond motifs is 1. The minimum absolute atomic E-state index is 0.0852. The quantitative estimate of drug-likeness (QED) is 0.431. The Hall–Kier alpha value is -2.93. The number of hydrogen-bond acceptors (Lipinski definition) is 6. The van der Waals surface area contributed by atoms with Crippen LogP contribution in [0.3, 0.4) is 0 Å². The Labute approximate surface area is 236 Å². The van der Waals surface area contributed by atoms with E-state index in [0.717, 1.165) is 56.2 Å². The van der Waals surface area contributed by atoms with E-state index < -0.39 is 5.60 Å². The smallest absolute Gasteiger partial charge is 0.410 e. The molecular weight excluding hydrogens is 512 g/mol. The highest BCUT2D eigenvalue weighted by Gasteiger charge is 2.33. The molecule has 0 spiro atoms. The number of likely N-dealkylation sites (tertiary alicyclic amines) is 1. The van der Waals surface area contributed by atoms with Crippen LogP contribution in [0, 0.1) is 11.8 Å². The van der Waals surface area contributed by atoms with Crippen LogP contribution in [0.1, 0.15) is 82.5 Å². The maximum Gasteiger partial charge on any atom is 0.410 e. The van der Waals surface area contributed by atoms with Gasteiger partial charge >= 0.3 is 6.09 Å². The van der Waals surface area contributed by atoms with Gasteiger partial charge in [0.2, 0.25) is 5.95 Å². The van der Waals surface area contributed by atoms with Crippen molar-refractivity contribution in [2.45, 2.75) is 83.8 Å². The van der Waals surface area contributed by atoms with E-state index in [9.17, 15) is 9.59 Å². The molecule has 1 aromatic carbocycles. The molecule has 1 aliphatic heterocycles. The normalized spacial score (nSPS) is 23.1. The predicted octanol–water partition coefficient (Wildman–Crippen LogP) is 6.69. The molecule has 1 amide bonds. The first kappa shape index (κ1) is 27.6. The predicted molar refractivity (Wildman–Crippen MR) is 154 cm³/mol. The van der Waals surface area contributed by atoms with E-state index in [2.05, 4.69) is 34.6 Å². The molecule has 1 saturated heterocycles. The number of halogens is 1. The summed E-state index contributed by atoms with van der Waals surface area (Å²) >= 11 is 6.52. The number of piperidine rings is 1. The van der Waals surface area contributed by atoms with Crippen LogP contribution < -0.4 is 5.32 Å². The van der Waals surface area contributed by atoms with Gasteiger partial charge in [0.1, 0.15) is 11.4 Å². The van der Waals surface area contributed by atoms with Gasteiger partial charge in [-0.3, -0.25) is 4.79 Å². The molecule has 1 aromatic heterocycles. The number of hydrogen-bond donors (Lipinski definition) is 1. The van der Waals surface area contributed by atoms with E-state index >= 15 is 0 Å². The maximum atomic E-state index is 13.1. The summed E-state index contributed by atoms with van der Waals surface area (Å²) in [4.78, 5) is 36.6. The van der Waals surface area contributed by atoms with E-state index in [1.54, 1.807) is 11.1 Å². The van der Waals surface area contributed by atoms with Gasteiger partial charge < -0.3 is 15.0 Å². The molecular formula is C31H39ClN4O3. The molecule has 2 aromatic rings. The molecule has 1 saturated carbocycles. The van der Waals surface area contributed by atoms with Crippen molar-refractivity contribution in [3.8, 4) is 0 Å². The second-order valence-electron chi connectivity index (χ2n) is 12.2. The van der Waals surface area contributed by atoms with Gasteiger partial charge in [-0.05, 0) is 82.8 Å². The van der Waals surface area contributed by atoms with E-state index in [1.807, 2.05) is 26.8 Å². The lowest BCUT2D eigenvalue weighted by Crippen LogP contribution is -2.45. The highest BCUT2D eigenvalue weighted by molar-refractivity contribution is 6.32. The number of Topliss-reactive ketones (excluding diaryl/α,β-unsaturated/α-hetero) is 1. The van der Waals surface area contributed by atoms with E-state index in [-0.39, 0.29) is 23.8 Å². The molecule has 1 atom stereocenters. The third-order valence-electron chi connectivity index (χ3n) is 8.03. The highest BCUT2D eigenvalue weighted by atomic mass is 35.5. The zero-order valence-corrected chi connectivity index (χ0v) is 24.0. The number of nitrogens with one attached hydrogen (secondary N) is 1. The number of carbonyl (C=O) groups excluding carboxylic acids is 2. The third-order valence-corrected chi connectivity index (χ3v) is 8.31. The summed E-state index contributed by atoms with van der Waals surface area (Å²) in [5, 5.41) is 4.07. The molecule has 208 valence electrons. The van der Waals surface area contributed by atoms with E-state index in [4.69, 9.17) is 21.3 Å². The van der Waals surface area contributed by atoms with Crippen LogP contribution in [0.5, 0.6) is 0 Å². The van der Waals surface area contributed by atoms with Crippen LogP contribution in [0.25, 0.3) is 5.57 Å². The molecule has 7 nitrogen and oxygen atoms in total.